The first-order chi connectivity index (χ1) is 9.01. The number of benzene rings is 1. The summed E-state index contributed by atoms with van der Waals surface area (Å²) < 4.78 is 18.7. The second-order valence-electron chi connectivity index (χ2n) is 4.99. The highest BCUT2D eigenvalue weighted by Crippen LogP contribution is 2.28. The number of halogens is 1. The Morgan fingerprint density at radius 2 is 2.00 bits per heavy atom. The summed E-state index contributed by atoms with van der Waals surface area (Å²) in [5.74, 6) is -0.198. The quantitative estimate of drug-likeness (QED) is 0.823. The second-order valence-corrected chi connectivity index (χ2v) is 4.99. The van der Waals surface area contributed by atoms with Gasteiger partial charge in [0.05, 0.1) is 6.61 Å². The molecule has 0 saturated heterocycles. The maximum absolute atomic E-state index is 13.5. The Labute approximate surface area is 115 Å². The molecule has 0 aliphatic rings. The lowest BCUT2D eigenvalue weighted by Gasteiger charge is -2.32. The number of nitrogens with one attached hydrogen (secondary N) is 1. The predicted octanol–water partition coefficient (Wildman–Crippen LogP) is 2.97. The van der Waals surface area contributed by atoms with E-state index in [1.54, 1.807) is 13.2 Å². The summed E-state index contributed by atoms with van der Waals surface area (Å²) in [5, 5.41) is 3.17. The van der Waals surface area contributed by atoms with Gasteiger partial charge in [-0.3, -0.25) is 0 Å². The van der Waals surface area contributed by atoms with Crippen LogP contribution >= 0.6 is 0 Å². The van der Waals surface area contributed by atoms with Crippen molar-refractivity contribution >= 4 is 5.69 Å². The zero-order valence-corrected chi connectivity index (χ0v) is 12.5. The fraction of sp³-hybridized carbons (Fsp3) is 0.600. The summed E-state index contributed by atoms with van der Waals surface area (Å²) >= 11 is 0. The molecule has 0 amide bonds. The van der Waals surface area contributed by atoms with E-state index in [9.17, 15) is 4.39 Å². The standard InChI is InChI=1S/C15H25FN2O/c1-11(2)18(8-9-19-5)15-7-6-13(16)10-14(15)12(3)17-4/h6-7,10-12,17H,8-9H2,1-5H3. The Hall–Kier alpha value is -1.13. The topological polar surface area (TPSA) is 24.5 Å². The van der Waals surface area contributed by atoms with Crippen molar-refractivity contribution < 1.29 is 9.13 Å². The molecule has 3 nitrogen and oxygen atoms in total. The van der Waals surface area contributed by atoms with Crippen LogP contribution in [0.15, 0.2) is 18.2 Å². The third-order valence-electron chi connectivity index (χ3n) is 3.36. The van der Waals surface area contributed by atoms with E-state index < -0.39 is 0 Å². The highest BCUT2D eigenvalue weighted by atomic mass is 19.1. The van der Waals surface area contributed by atoms with Gasteiger partial charge < -0.3 is 15.0 Å². The molecule has 1 rings (SSSR count). The third kappa shape index (κ3) is 4.18. The van der Waals surface area contributed by atoms with Gasteiger partial charge in [0, 0.05) is 31.4 Å². The zero-order chi connectivity index (χ0) is 14.4. The summed E-state index contributed by atoms with van der Waals surface area (Å²) in [7, 11) is 3.58. The van der Waals surface area contributed by atoms with E-state index >= 15 is 0 Å². The van der Waals surface area contributed by atoms with Crippen LogP contribution in [0.4, 0.5) is 10.1 Å². The lowest BCUT2D eigenvalue weighted by molar-refractivity contribution is 0.203. The molecule has 0 bridgehead atoms. The van der Waals surface area contributed by atoms with Crippen molar-refractivity contribution in [2.45, 2.75) is 32.9 Å². The minimum atomic E-state index is -0.198. The number of methoxy groups -OCH3 is 1. The van der Waals surface area contributed by atoms with Gasteiger partial charge in [0.1, 0.15) is 5.82 Å². The number of hydrogen-bond acceptors (Lipinski definition) is 3. The van der Waals surface area contributed by atoms with E-state index in [4.69, 9.17) is 4.74 Å². The first-order valence-corrected chi connectivity index (χ1v) is 6.73. The molecule has 1 unspecified atom stereocenters. The summed E-state index contributed by atoms with van der Waals surface area (Å²) in [6.45, 7) is 7.75. The SMILES string of the molecule is CNC(C)c1cc(F)ccc1N(CCOC)C(C)C. The third-order valence-corrected chi connectivity index (χ3v) is 3.36. The summed E-state index contributed by atoms with van der Waals surface area (Å²) in [6, 6.07) is 5.42. The first kappa shape index (κ1) is 15.9. The van der Waals surface area contributed by atoms with Gasteiger partial charge in [-0.1, -0.05) is 0 Å². The van der Waals surface area contributed by atoms with Gasteiger partial charge >= 0.3 is 0 Å². The van der Waals surface area contributed by atoms with Crippen LogP contribution in [-0.4, -0.2) is 33.4 Å². The van der Waals surface area contributed by atoms with E-state index in [1.807, 2.05) is 20.0 Å². The van der Waals surface area contributed by atoms with Crippen LogP contribution in [0.5, 0.6) is 0 Å². The Balaban J connectivity index is 3.13. The van der Waals surface area contributed by atoms with Crippen LogP contribution in [0.2, 0.25) is 0 Å². The van der Waals surface area contributed by atoms with Crippen LogP contribution in [0.25, 0.3) is 0 Å². The predicted molar refractivity (Wildman–Crippen MR) is 78.2 cm³/mol. The number of anilines is 1. The van der Waals surface area contributed by atoms with Gasteiger partial charge in [-0.05, 0) is 51.6 Å². The molecule has 4 heteroatoms. The van der Waals surface area contributed by atoms with Crippen LogP contribution in [0, 0.1) is 5.82 Å². The average Bonchev–Trinajstić information content (AvgIpc) is 2.39. The van der Waals surface area contributed by atoms with E-state index in [0.717, 1.165) is 17.8 Å². The number of hydrogen-bond donors (Lipinski definition) is 1. The van der Waals surface area contributed by atoms with Gasteiger partial charge in [0.2, 0.25) is 0 Å². The average molecular weight is 268 g/mol. The zero-order valence-electron chi connectivity index (χ0n) is 12.5. The minimum Gasteiger partial charge on any atom is -0.383 e. The van der Waals surface area contributed by atoms with Crippen LogP contribution < -0.4 is 10.2 Å². The van der Waals surface area contributed by atoms with Crippen LogP contribution in [-0.2, 0) is 4.74 Å². The molecule has 0 aromatic heterocycles. The second kappa shape index (κ2) is 7.46. The van der Waals surface area contributed by atoms with E-state index in [1.165, 1.54) is 6.07 Å². The van der Waals surface area contributed by atoms with E-state index in [-0.39, 0.29) is 11.9 Å². The molecule has 1 aromatic rings. The molecule has 1 N–H and O–H groups in total. The monoisotopic (exact) mass is 268 g/mol. The van der Waals surface area contributed by atoms with Crippen molar-refractivity contribution in [2.75, 3.05) is 32.2 Å². The van der Waals surface area contributed by atoms with Crippen molar-refractivity contribution in [3.8, 4) is 0 Å². The van der Waals surface area contributed by atoms with Crippen molar-refractivity contribution in [3.05, 3.63) is 29.6 Å². The molecule has 0 aliphatic carbocycles. The van der Waals surface area contributed by atoms with E-state index in [0.29, 0.717) is 12.6 Å². The lowest BCUT2D eigenvalue weighted by Crippen LogP contribution is -2.35. The number of nitrogens with zero attached hydrogens (tertiary/aromatic N) is 1. The first-order valence-electron chi connectivity index (χ1n) is 6.73. The largest absolute Gasteiger partial charge is 0.383 e. The highest BCUT2D eigenvalue weighted by Gasteiger charge is 2.17. The van der Waals surface area contributed by atoms with Crippen LogP contribution in [0.1, 0.15) is 32.4 Å². The summed E-state index contributed by atoms with van der Waals surface area (Å²) in [6.07, 6.45) is 0. The Morgan fingerprint density at radius 3 is 2.53 bits per heavy atom. The van der Waals surface area contributed by atoms with Crippen molar-refractivity contribution in [1.82, 2.24) is 5.32 Å². The van der Waals surface area contributed by atoms with Gasteiger partial charge in [-0.15, -0.1) is 0 Å². The lowest BCUT2D eigenvalue weighted by atomic mass is 10.0. The molecule has 0 heterocycles. The van der Waals surface area contributed by atoms with E-state index in [2.05, 4.69) is 24.1 Å². The van der Waals surface area contributed by atoms with Crippen molar-refractivity contribution in [3.63, 3.8) is 0 Å². The maximum Gasteiger partial charge on any atom is 0.123 e. The van der Waals surface area contributed by atoms with Crippen LogP contribution in [0.3, 0.4) is 0 Å². The molecule has 0 saturated carbocycles. The van der Waals surface area contributed by atoms with Crippen molar-refractivity contribution in [1.29, 1.82) is 0 Å². The minimum absolute atomic E-state index is 0.106. The molecule has 0 fully saturated rings. The van der Waals surface area contributed by atoms with Gasteiger partial charge in [0.15, 0.2) is 0 Å². The van der Waals surface area contributed by atoms with Gasteiger partial charge in [0.25, 0.3) is 0 Å². The van der Waals surface area contributed by atoms with Gasteiger partial charge in [-0.25, -0.2) is 4.39 Å². The fourth-order valence-electron chi connectivity index (χ4n) is 2.14. The molecule has 1 atom stereocenters. The molecule has 19 heavy (non-hydrogen) atoms. The summed E-state index contributed by atoms with van der Waals surface area (Å²) in [4.78, 5) is 2.24. The fourth-order valence-corrected chi connectivity index (χ4v) is 2.14. The molecule has 0 aliphatic heterocycles. The smallest absolute Gasteiger partial charge is 0.123 e. The summed E-state index contributed by atoms with van der Waals surface area (Å²) in [5.41, 5.74) is 2.04. The molecule has 0 spiro atoms. The molecule has 1 aromatic carbocycles. The number of ether oxygens (including phenoxy) is 1. The Kier molecular flexibility index (Phi) is 6.25. The Morgan fingerprint density at radius 1 is 1.32 bits per heavy atom. The normalized spacial score (nSPS) is 12.8. The molecular formula is C15H25FN2O. The Bertz CT molecular complexity index is 396. The maximum atomic E-state index is 13.5. The van der Waals surface area contributed by atoms with Crippen molar-refractivity contribution in [2.24, 2.45) is 0 Å². The van der Waals surface area contributed by atoms with Gasteiger partial charge in [-0.2, -0.15) is 0 Å². The molecular weight excluding hydrogens is 243 g/mol. The molecule has 0 radical (unpaired) electrons. The highest BCUT2D eigenvalue weighted by molar-refractivity contribution is 5.55. The molecule has 108 valence electrons. The number of rotatable bonds is 7.